The van der Waals surface area contributed by atoms with Crippen molar-refractivity contribution < 1.29 is 9.21 Å². The Kier molecular flexibility index (Phi) is 5.00. The van der Waals surface area contributed by atoms with Crippen LogP contribution in [0.3, 0.4) is 0 Å². The molecule has 3 aromatic carbocycles. The molecule has 1 aliphatic carbocycles. The SMILES string of the molecule is O=C1C[C@H](c2ccc(Cl)cc2)CC2=C1[C@H](c1coc3ccccc3c1=O)Nc1ccccc1N2. The fourth-order valence-electron chi connectivity index (χ4n) is 4.99. The molecule has 34 heavy (non-hydrogen) atoms. The van der Waals surface area contributed by atoms with Crippen LogP contribution in [0.2, 0.25) is 5.02 Å². The molecular weight excluding hydrogens is 448 g/mol. The van der Waals surface area contributed by atoms with Crippen LogP contribution in [0.1, 0.15) is 35.9 Å². The molecule has 6 rings (SSSR count). The van der Waals surface area contributed by atoms with Crippen molar-refractivity contribution in [2.24, 2.45) is 0 Å². The lowest BCUT2D eigenvalue weighted by Gasteiger charge is -2.29. The Hall–Kier alpha value is -3.83. The van der Waals surface area contributed by atoms with Crippen LogP contribution in [0.5, 0.6) is 0 Å². The number of hydrogen-bond acceptors (Lipinski definition) is 5. The predicted octanol–water partition coefficient (Wildman–Crippen LogP) is 6.43. The number of nitrogens with one attached hydrogen (secondary N) is 2. The van der Waals surface area contributed by atoms with E-state index in [4.69, 9.17) is 16.0 Å². The maximum absolute atomic E-state index is 13.6. The van der Waals surface area contributed by atoms with Crippen molar-refractivity contribution in [2.75, 3.05) is 10.6 Å². The van der Waals surface area contributed by atoms with Crippen LogP contribution in [0.4, 0.5) is 11.4 Å². The van der Waals surface area contributed by atoms with Gasteiger partial charge in [-0.3, -0.25) is 9.59 Å². The minimum Gasteiger partial charge on any atom is -0.464 e. The number of benzene rings is 3. The minimum atomic E-state index is -0.620. The zero-order valence-corrected chi connectivity index (χ0v) is 18.9. The molecule has 2 atom stereocenters. The van der Waals surface area contributed by atoms with E-state index < -0.39 is 6.04 Å². The highest BCUT2D eigenvalue weighted by Crippen LogP contribution is 2.44. The van der Waals surface area contributed by atoms with Crippen molar-refractivity contribution in [3.8, 4) is 0 Å². The van der Waals surface area contributed by atoms with E-state index >= 15 is 0 Å². The van der Waals surface area contributed by atoms with E-state index in [1.54, 1.807) is 12.1 Å². The van der Waals surface area contributed by atoms with Gasteiger partial charge in [0.1, 0.15) is 11.8 Å². The molecule has 0 spiro atoms. The first kappa shape index (κ1) is 20.8. The lowest BCUT2D eigenvalue weighted by molar-refractivity contribution is -0.116. The highest BCUT2D eigenvalue weighted by atomic mass is 35.5. The predicted molar refractivity (Wildman–Crippen MR) is 134 cm³/mol. The summed E-state index contributed by atoms with van der Waals surface area (Å²) in [4.78, 5) is 27.1. The zero-order chi connectivity index (χ0) is 23.2. The van der Waals surface area contributed by atoms with E-state index in [0.29, 0.717) is 40.0 Å². The van der Waals surface area contributed by atoms with Crippen molar-refractivity contribution in [3.05, 3.63) is 117 Å². The molecule has 0 fully saturated rings. The van der Waals surface area contributed by atoms with Gasteiger partial charge < -0.3 is 15.1 Å². The van der Waals surface area contributed by atoms with Gasteiger partial charge in [-0.1, -0.05) is 48.0 Å². The molecule has 5 nitrogen and oxygen atoms in total. The van der Waals surface area contributed by atoms with E-state index in [-0.39, 0.29) is 17.1 Å². The number of carbonyl (C=O) groups is 1. The normalized spacial score (nSPS) is 19.6. The summed E-state index contributed by atoms with van der Waals surface area (Å²) in [6.07, 6.45) is 2.49. The number of Topliss-reactive ketones (excluding diaryl/α,β-unsaturated/α-hetero) is 1. The van der Waals surface area contributed by atoms with Gasteiger partial charge >= 0.3 is 0 Å². The van der Waals surface area contributed by atoms with Gasteiger partial charge in [-0.25, -0.2) is 0 Å². The van der Waals surface area contributed by atoms with E-state index in [0.717, 1.165) is 22.6 Å². The van der Waals surface area contributed by atoms with E-state index in [9.17, 15) is 9.59 Å². The molecule has 6 heteroatoms. The van der Waals surface area contributed by atoms with Crippen molar-refractivity contribution >= 4 is 39.7 Å². The third-order valence-electron chi connectivity index (χ3n) is 6.67. The highest BCUT2D eigenvalue weighted by molar-refractivity contribution is 6.30. The standard InChI is InChI=1S/C28H21ClN2O3/c29-18-11-9-16(10-12-18)17-13-23-26(24(32)14-17)27(31-22-7-3-2-6-21(22)30-23)20-15-34-25-8-4-1-5-19(25)28(20)33/h1-12,15,17,27,30-31H,13-14H2/t17-,27+/m1/s1. The van der Waals surface area contributed by atoms with E-state index in [1.165, 1.54) is 6.26 Å². The summed E-state index contributed by atoms with van der Waals surface area (Å²) in [7, 11) is 0. The van der Waals surface area contributed by atoms with Crippen LogP contribution in [0.15, 0.2) is 99.5 Å². The average molecular weight is 469 g/mol. The van der Waals surface area contributed by atoms with Gasteiger partial charge in [-0.15, -0.1) is 0 Å². The summed E-state index contributed by atoms with van der Waals surface area (Å²) in [5.74, 6) is 0.0292. The van der Waals surface area contributed by atoms with Crippen molar-refractivity contribution in [1.82, 2.24) is 0 Å². The monoisotopic (exact) mass is 468 g/mol. The zero-order valence-electron chi connectivity index (χ0n) is 18.2. The molecule has 0 unspecified atom stereocenters. The average Bonchev–Trinajstić information content (AvgIpc) is 3.02. The van der Waals surface area contributed by atoms with Crippen molar-refractivity contribution in [2.45, 2.75) is 24.8 Å². The Bertz CT molecular complexity index is 1520. The maximum atomic E-state index is 13.6. The van der Waals surface area contributed by atoms with Crippen molar-refractivity contribution in [3.63, 3.8) is 0 Å². The minimum absolute atomic E-state index is 0.00608. The summed E-state index contributed by atoms with van der Waals surface area (Å²) in [6, 6.07) is 22.0. The second-order valence-corrected chi connectivity index (χ2v) is 9.17. The third kappa shape index (κ3) is 3.49. The molecule has 1 aliphatic heterocycles. The number of halogens is 1. The van der Waals surface area contributed by atoms with Gasteiger partial charge in [-0.2, -0.15) is 0 Å². The summed E-state index contributed by atoms with van der Waals surface area (Å²) >= 11 is 6.08. The molecular formula is C28H21ClN2O3. The number of rotatable bonds is 2. The summed E-state index contributed by atoms with van der Waals surface area (Å²) in [5.41, 5.74) is 4.97. The maximum Gasteiger partial charge on any atom is 0.198 e. The number of fused-ring (bicyclic) bond motifs is 2. The second-order valence-electron chi connectivity index (χ2n) is 8.74. The molecule has 2 heterocycles. The Labute approximate surface area is 201 Å². The molecule has 0 saturated heterocycles. The van der Waals surface area contributed by atoms with E-state index in [2.05, 4.69) is 10.6 Å². The smallest absolute Gasteiger partial charge is 0.198 e. The molecule has 0 bridgehead atoms. The van der Waals surface area contributed by atoms with Gasteiger partial charge in [0.15, 0.2) is 11.2 Å². The van der Waals surface area contributed by atoms with E-state index in [1.807, 2.05) is 60.7 Å². The van der Waals surface area contributed by atoms with Crippen LogP contribution in [-0.4, -0.2) is 5.78 Å². The van der Waals surface area contributed by atoms with Crippen LogP contribution in [-0.2, 0) is 4.79 Å². The van der Waals surface area contributed by atoms with Crippen LogP contribution < -0.4 is 16.1 Å². The Morgan fingerprint density at radius 2 is 1.59 bits per heavy atom. The first-order valence-corrected chi connectivity index (χ1v) is 11.6. The second kappa shape index (κ2) is 8.19. The Morgan fingerprint density at radius 1 is 0.853 bits per heavy atom. The molecule has 0 saturated carbocycles. The van der Waals surface area contributed by atoms with Gasteiger partial charge in [0.05, 0.1) is 28.4 Å². The van der Waals surface area contributed by atoms with Crippen LogP contribution in [0.25, 0.3) is 11.0 Å². The first-order chi connectivity index (χ1) is 16.6. The molecule has 2 aliphatic rings. The van der Waals surface area contributed by atoms with Gasteiger partial charge in [-0.05, 0) is 54.3 Å². The largest absolute Gasteiger partial charge is 0.464 e. The molecule has 4 aromatic rings. The molecule has 0 amide bonds. The van der Waals surface area contributed by atoms with Gasteiger partial charge in [0.2, 0.25) is 0 Å². The number of carbonyl (C=O) groups excluding carboxylic acids is 1. The summed E-state index contributed by atoms with van der Waals surface area (Å²) in [6.45, 7) is 0. The highest BCUT2D eigenvalue weighted by Gasteiger charge is 2.37. The quantitative estimate of drug-likeness (QED) is 0.355. The molecule has 168 valence electrons. The summed E-state index contributed by atoms with van der Waals surface area (Å²) < 4.78 is 5.82. The third-order valence-corrected chi connectivity index (χ3v) is 6.92. The number of anilines is 2. The fraction of sp³-hybridized carbons (Fsp3) is 0.143. The number of allylic oxidation sites excluding steroid dienone is 1. The lowest BCUT2D eigenvalue weighted by atomic mass is 9.78. The Balaban J connectivity index is 1.51. The molecule has 0 radical (unpaired) electrons. The molecule has 2 N–H and O–H groups in total. The van der Waals surface area contributed by atoms with Gasteiger partial charge in [0, 0.05) is 22.7 Å². The lowest BCUT2D eigenvalue weighted by Crippen LogP contribution is -2.29. The number of hydrogen-bond donors (Lipinski definition) is 2. The van der Waals surface area contributed by atoms with Crippen LogP contribution >= 0.6 is 11.6 Å². The van der Waals surface area contributed by atoms with Gasteiger partial charge in [0.25, 0.3) is 0 Å². The topological polar surface area (TPSA) is 71.3 Å². The number of para-hydroxylation sites is 3. The Morgan fingerprint density at radius 3 is 2.41 bits per heavy atom. The molecule has 1 aromatic heterocycles. The first-order valence-electron chi connectivity index (χ1n) is 11.2. The number of ketones is 1. The van der Waals surface area contributed by atoms with Crippen molar-refractivity contribution in [1.29, 1.82) is 0 Å². The fourth-order valence-corrected chi connectivity index (χ4v) is 5.11. The summed E-state index contributed by atoms with van der Waals surface area (Å²) in [5, 5.41) is 8.11. The van der Waals surface area contributed by atoms with Crippen LogP contribution in [0, 0.1) is 0 Å².